The van der Waals surface area contributed by atoms with Gasteiger partial charge in [0.15, 0.2) is 17.0 Å². The zero-order valence-corrected chi connectivity index (χ0v) is 17.9. The van der Waals surface area contributed by atoms with E-state index in [1.807, 2.05) is 10.7 Å². The summed E-state index contributed by atoms with van der Waals surface area (Å²) in [6.07, 6.45) is 3.15. The predicted octanol–water partition coefficient (Wildman–Crippen LogP) is 1.93. The lowest BCUT2D eigenvalue weighted by molar-refractivity contribution is 0.0529. The quantitative estimate of drug-likeness (QED) is 0.582. The van der Waals surface area contributed by atoms with Gasteiger partial charge in [0.2, 0.25) is 0 Å². The van der Waals surface area contributed by atoms with Gasteiger partial charge in [-0.1, -0.05) is 12.1 Å². The molecule has 5 rings (SSSR count). The van der Waals surface area contributed by atoms with Crippen LogP contribution in [0.5, 0.6) is 5.75 Å². The van der Waals surface area contributed by atoms with Crippen LogP contribution in [-0.4, -0.2) is 64.7 Å². The minimum absolute atomic E-state index is 0.0210. The fourth-order valence-corrected chi connectivity index (χ4v) is 4.40. The molecule has 0 radical (unpaired) electrons. The van der Waals surface area contributed by atoms with Gasteiger partial charge in [-0.05, 0) is 37.5 Å². The molecule has 2 aromatic heterocycles. The van der Waals surface area contributed by atoms with E-state index >= 15 is 0 Å². The smallest absolute Gasteiger partial charge is 0.349 e. The second kappa shape index (κ2) is 8.14. The molecule has 1 fully saturated rings. The number of piperazine rings is 1. The Kier molecular flexibility index (Phi) is 5.16. The topological polar surface area (TPSA) is 97.9 Å². The minimum Gasteiger partial charge on any atom is -0.493 e. The molecule has 32 heavy (non-hydrogen) atoms. The lowest BCUT2D eigenvalue weighted by Crippen LogP contribution is -2.51. The Morgan fingerprint density at radius 1 is 1.00 bits per heavy atom. The fraction of sp³-hybridized carbons (Fsp3) is 0.391. The number of amides is 2. The van der Waals surface area contributed by atoms with E-state index in [0.717, 1.165) is 31.5 Å². The van der Waals surface area contributed by atoms with Crippen molar-refractivity contribution >= 4 is 22.8 Å². The Morgan fingerprint density at radius 3 is 2.47 bits per heavy atom. The van der Waals surface area contributed by atoms with Crippen molar-refractivity contribution in [1.82, 2.24) is 19.6 Å². The van der Waals surface area contributed by atoms with Gasteiger partial charge in [-0.25, -0.2) is 4.79 Å². The molecule has 2 aliphatic heterocycles. The van der Waals surface area contributed by atoms with E-state index in [1.165, 1.54) is 7.11 Å². The Labute approximate surface area is 184 Å². The number of rotatable bonds is 3. The molecule has 1 aromatic carbocycles. The number of carbonyl (C=O) groups excluding carboxylic acids is 2. The Hall–Kier alpha value is -3.62. The normalized spacial score (nSPS) is 16.2. The van der Waals surface area contributed by atoms with Gasteiger partial charge in [-0.3, -0.25) is 14.3 Å². The first-order chi connectivity index (χ1) is 15.5. The molecule has 4 heterocycles. The van der Waals surface area contributed by atoms with Crippen LogP contribution in [-0.2, 0) is 13.0 Å². The summed E-state index contributed by atoms with van der Waals surface area (Å²) in [7, 11) is 1.49. The van der Waals surface area contributed by atoms with E-state index in [1.54, 1.807) is 34.1 Å². The first kappa shape index (κ1) is 20.3. The summed E-state index contributed by atoms with van der Waals surface area (Å²) in [6, 6.07) is 8.65. The Bertz CT molecular complexity index is 1230. The largest absolute Gasteiger partial charge is 0.493 e. The highest BCUT2D eigenvalue weighted by molar-refractivity contribution is 5.98. The molecule has 166 valence electrons. The maximum absolute atomic E-state index is 13.0. The van der Waals surface area contributed by atoms with Gasteiger partial charge in [-0.15, -0.1) is 0 Å². The highest BCUT2D eigenvalue weighted by atomic mass is 16.5. The number of benzene rings is 1. The molecule has 2 amide bonds. The molecule has 0 atom stereocenters. The van der Waals surface area contributed by atoms with Crippen LogP contribution in [0.25, 0.3) is 11.0 Å². The van der Waals surface area contributed by atoms with Crippen molar-refractivity contribution in [2.75, 3.05) is 33.3 Å². The fourth-order valence-electron chi connectivity index (χ4n) is 4.40. The van der Waals surface area contributed by atoms with Crippen molar-refractivity contribution in [2.45, 2.75) is 25.8 Å². The summed E-state index contributed by atoms with van der Waals surface area (Å²) < 4.78 is 12.5. The molecule has 2 aliphatic rings. The molecule has 9 nitrogen and oxygen atoms in total. The second-order valence-electron chi connectivity index (χ2n) is 8.11. The van der Waals surface area contributed by atoms with E-state index in [0.29, 0.717) is 48.6 Å². The maximum atomic E-state index is 13.0. The maximum Gasteiger partial charge on any atom is 0.349 e. The van der Waals surface area contributed by atoms with Crippen molar-refractivity contribution in [1.29, 1.82) is 0 Å². The number of aromatic nitrogens is 2. The van der Waals surface area contributed by atoms with E-state index in [-0.39, 0.29) is 11.5 Å². The van der Waals surface area contributed by atoms with Crippen LogP contribution in [0.3, 0.4) is 0 Å². The summed E-state index contributed by atoms with van der Waals surface area (Å²) in [6.45, 7) is 2.31. The van der Waals surface area contributed by atoms with Crippen molar-refractivity contribution in [3.8, 4) is 5.75 Å². The lowest BCUT2D eigenvalue weighted by Gasteiger charge is -2.34. The Morgan fingerprint density at radius 2 is 1.75 bits per heavy atom. The van der Waals surface area contributed by atoms with Crippen molar-refractivity contribution < 1.29 is 18.7 Å². The molecule has 0 spiro atoms. The zero-order valence-electron chi connectivity index (χ0n) is 17.9. The number of hydrogen-bond acceptors (Lipinski definition) is 6. The van der Waals surface area contributed by atoms with Gasteiger partial charge >= 0.3 is 5.63 Å². The highest BCUT2D eigenvalue weighted by Crippen LogP contribution is 2.25. The van der Waals surface area contributed by atoms with Crippen LogP contribution >= 0.6 is 0 Å². The van der Waals surface area contributed by atoms with E-state index in [2.05, 4.69) is 5.10 Å². The second-order valence-corrected chi connectivity index (χ2v) is 8.11. The van der Waals surface area contributed by atoms with Gasteiger partial charge in [0.1, 0.15) is 5.56 Å². The Balaban J connectivity index is 1.29. The molecule has 0 unspecified atom stereocenters. The van der Waals surface area contributed by atoms with Crippen LogP contribution in [0.2, 0.25) is 0 Å². The number of ether oxygens (including phenoxy) is 1. The molecule has 0 aliphatic carbocycles. The lowest BCUT2D eigenvalue weighted by atomic mass is 10.1. The average Bonchev–Trinajstić information content (AvgIpc) is 3.27. The van der Waals surface area contributed by atoms with Crippen molar-refractivity contribution in [2.24, 2.45) is 0 Å². The number of hydrogen-bond donors (Lipinski definition) is 0. The minimum atomic E-state index is -0.700. The highest BCUT2D eigenvalue weighted by Gasteiger charge is 2.29. The van der Waals surface area contributed by atoms with Crippen LogP contribution in [0.15, 0.2) is 39.5 Å². The number of carbonyl (C=O) groups is 2. The molecule has 3 aromatic rings. The summed E-state index contributed by atoms with van der Waals surface area (Å²) in [5.41, 5.74) is 1.16. The van der Waals surface area contributed by atoms with Crippen molar-refractivity contribution in [3.63, 3.8) is 0 Å². The molecular formula is C23H24N4O5. The van der Waals surface area contributed by atoms with E-state index < -0.39 is 11.5 Å². The van der Waals surface area contributed by atoms with Crippen LogP contribution in [0.1, 0.15) is 39.4 Å². The van der Waals surface area contributed by atoms with Gasteiger partial charge < -0.3 is 19.0 Å². The third-order valence-corrected chi connectivity index (χ3v) is 6.16. The van der Waals surface area contributed by atoms with Crippen LogP contribution in [0, 0.1) is 0 Å². The number of nitrogens with zero attached hydrogens (tertiary/aromatic N) is 4. The first-order valence-electron chi connectivity index (χ1n) is 10.8. The summed E-state index contributed by atoms with van der Waals surface area (Å²) in [4.78, 5) is 41.7. The average molecular weight is 436 g/mol. The molecule has 0 saturated carbocycles. The number of para-hydroxylation sites is 1. The zero-order chi connectivity index (χ0) is 22.2. The van der Waals surface area contributed by atoms with E-state index in [4.69, 9.17) is 9.15 Å². The molecule has 0 bridgehead atoms. The summed E-state index contributed by atoms with van der Waals surface area (Å²) in [5.74, 6) is -0.0731. The van der Waals surface area contributed by atoms with Gasteiger partial charge in [0, 0.05) is 43.8 Å². The molecule has 1 saturated heterocycles. The number of aryl methyl sites for hydroxylation is 2. The summed E-state index contributed by atoms with van der Waals surface area (Å²) >= 11 is 0. The van der Waals surface area contributed by atoms with Gasteiger partial charge in [0.05, 0.1) is 7.11 Å². The SMILES string of the molecule is COc1cccc2cc(C(=O)N3CCN(C(=O)c4cc5n(n4)CCCC5)CC3)c(=O)oc12. The monoisotopic (exact) mass is 436 g/mol. The van der Waals surface area contributed by atoms with Crippen molar-refractivity contribution in [3.05, 3.63) is 57.7 Å². The van der Waals surface area contributed by atoms with Crippen LogP contribution < -0.4 is 10.4 Å². The number of methoxy groups -OCH3 is 1. The number of fused-ring (bicyclic) bond motifs is 2. The molecule has 0 N–H and O–H groups in total. The summed E-state index contributed by atoms with van der Waals surface area (Å²) in [5, 5.41) is 5.08. The third-order valence-electron chi connectivity index (χ3n) is 6.16. The molecule has 9 heteroatoms. The first-order valence-corrected chi connectivity index (χ1v) is 10.8. The van der Waals surface area contributed by atoms with Crippen LogP contribution in [0.4, 0.5) is 0 Å². The van der Waals surface area contributed by atoms with E-state index in [9.17, 15) is 14.4 Å². The predicted molar refractivity (Wildman–Crippen MR) is 116 cm³/mol. The van der Waals surface area contributed by atoms with Gasteiger partial charge in [-0.2, -0.15) is 5.10 Å². The van der Waals surface area contributed by atoms with Gasteiger partial charge in [0.25, 0.3) is 11.8 Å². The molecular weight excluding hydrogens is 412 g/mol. The third kappa shape index (κ3) is 3.53. The standard InChI is InChI=1S/C23H24N4O5/c1-31-19-7-4-5-15-13-17(23(30)32-20(15)19)21(28)25-9-11-26(12-10-25)22(29)18-14-16-6-2-3-8-27(16)24-18/h4-5,7,13-14H,2-3,6,8-12H2,1H3.